The maximum atomic E-state index is 6.08. The van der Waals surface area contributed by atoms with Crippen molar-refractivity contribution < 1.29 is 4.42 Å². The number of benzene rings is 1. The van der Waals surface area contributed by atoms with E-state index in [4.69, 9.17) is 16.0 Å². The maximum absolute atomic E-state index is 6.08. The van der Waals surface area contributed by atoms with Gasteiger partial charge in [-0.25, -0.2) is 0 Å². The topological polar surface area (TPSA) is 38.9 Å². The van der Waals surface area contributed by atoms with E-state index in [1.807, 2.05) is 18.2 Å². The standard InChI is InChI=1S/C21H21ClN2OS/c1-21(2)9-7-15(17(11-21)14-3-5-16(22)6-4-14)13-26-20-18-12-25-10-8-19(18)23-24-20/h3-8,10,12,17H,9,11,13H2,1-2H3. The number of nitrogens with zero attached hydrogens (tertiary/aromatic N) is 2. The molecule has 0 amide bonds. The highest BCUT2D eigenvalue weighted by Crippen LogP contribution is 2.45. The average molecular weight is 385 g/mol. The van der Waals surface area contributed by atoms with Crippen molar-refractivity contribution in [2.45, 2.75) is 37.6 Å². The third kappa shape index (κ3) is 3.67. The Morgan fingerprint density at radius 1 is 1.19 bits per heavy atom. The van der Waals surface area contributed by atoms with E-state index < -0.39 is 0 Å². The lowest BCUT2D eigenvalue weighted by atomic mass is 9.71. The molecule has 0 radical (unpaired) electrons. The zero-order valence-electron chi connectivity index (χ0n) is 14.9. The molecule has 3 nitrogen and oxygen atoms in total. The van der Waals surface area contributed by atoms with E-state index in [0.29, 0.717) is 11.3 Å². The fourth-order valence-corrected chi connectivity index (χ4v) is 4.68. The van der Waals surface area contributed by atoms with Crippen molar-refractivity contribution in [1.29, 1.82) is 0 Å². The predicted octanol–water partition coefficient (Wildman–Crippen LogP) is 6.45. The Kier molecular flexibility index (Phi) is 4.80. The number of fused-ring (bicyclic) bond motifs is 1. The molecule has 3 aliphatic rings. The number of hydrogen-bond donors (Lipinski definition) is 0. The Bertz CT molecular complexity index is 901. The molecular formula is C21H21ClN2OS. The normalized spacial score (nSPS) is 19.5. The van der Waals surface area contributed by atoms with Crippen LogP contribution in [0.25, 0.3) is 11.3 Å². The molecule has 1 aromatic carbocycles. The fraction of sp³-hybridized carbons (Fsp3) is 0.333. The van der Waals surface area contributed by atoms with Gasteiger partial charge in [0.2, 0.25) is 0 Å². The van der Waals surface area contributed by atoms with Crippen LogP contribution < -0.4 is 0 Å². The van der Waals surface area contributed by atoms with Gasteiger partial charge in [0.1, 0.15) is 17.0 Å². The summed E-state index contributed by atoms with van der Waals surface area (Å²) < 4.78 is 5.29. The summed E-state index contributed by atoms with van der Waals surface area (Å²) >= 11 is 7.82. The molecule has 1 atom stereocenters. The largest absolute Gasteiger partial charge is 0.472 e. The van der Waals surface area contributed by atoms with Crippen molar-refractivity contribution in [3.05, 3.63) is 65.1 Å². The zero-order chi connectivity index (χ0) is 18.1. The first kappa shape index (κ1) is 17.6. The van der Waals surface area contributed by atoms with Crippen LogP contribution in [-0.4, -0.2) is 16.0 Å². The lowest BCUT2D eigenvalue weighted by Crippen LogP contribution is -2.22. The third-order valence-corrected chi connectivity index (χ3v) is 6.32. The highest BCUT2D eigenvalue weighted by molar-refractivity contribution is 7.99. The van der Waals surface area contributed by atoms with E-state index in [2.05, 4.69) is 42.3 Å². The smallest absolute Gasteiger partial charge is 0.132 e. The molecule has 1 aromatic rings. The molecule has 1 unspecified atom stereocenters. The van der Waals surface area contributed by atoms with Crippen LogP contribution in [0.15, 0.2) is 64.0 Å². The average Bonchev–Trinajstić information content (AvgIpc) is 3.04. The van der Waals surface area contributed by atoms with Crippen molar-refractivity contribution in [2.75, 3.05) is 5.75 Å². The van der Waals surface area contributed by atoms with Gasteiger partial charge in [0.15, 0.2) is 0 Å². The predicted molar refractivity (Wildman–Crippen MR) is 107 cm³/mol. The molecule has 0 spiro atoms. The van der Waals surface area contributed by atoms with Gasteiger partial charge in [-0.2, -0.15) is 0 Å². The Morgan fingerprint density at radius 3 is 2.81 bits per heavy atom. The summed E-state index contributed by atoms with van der Waals surface area (Å²) in [5.41, 5.74) is 4.97. The van der Waals surface area contributed by atoms with Crippen LogP contribution in [0.2, 0.25) is 5.02 Å². The van der Waals surface area contributed by atoms with Gasteiger partial charge in [-0.05, 0) is 36.0 Å². The van der Waals surface area contributed by atoms with Gasteiger partial charge >= 0.3 is 0 Å². The summed E-state index contributed by atoms with van der Waals surface area (Å²) in [5, 5.41) is 10.3. The number of aromatic nitrogens is 2. The monoisotopic (exact) mass is 384 g/mol. The number of allylic oxidation sites excluding steroid dienone is 1. The minimum atomic E-state index is 0.310. The lowest BCUT2D eigenvalue weighted by molar-refractivity contribution is 0.304. The molecule has 0 saturated carbocycles. The van der Waals surface area contributed by atoms with Crippen LogP contribution in [0.3, 0.4) is 0 Å². The summed E-state index contributed by atoms with van der Waals surface area (Å²) in [6.45, 7) is 4.68. The fourth-order valence-electron chi connectivity index (χ4n) is 3.52. The Morgan fingerprint density at radius 2 is 2.00 bits per heavy atom. The van der Waals surface area contributed by atoms with Crippen molar-refractivity contribution in [1.82, 2.24) is 10.2 Å². The molecule has 0 aromatic heterocycles. The molecule has 5 heteroatoms. The molecule has 0 fully saturated rings. The molecule has 26 heavy (non-hydrogen) atoms. The van der Waals surface area contributed by atoms with Gasteiger partial charge in [-0.3, -0.25) is 0 Å². The minimum Gasteiger partial charge on any atom is -0.472 e. The van der Waals surface area contributed by atoms with E-state index in [-0.39, 0.29) is 0 Å². The quantitative estimate of drug-likeness (QED) is 0.382. The van der Waals surface area contributed by atoms with Crippen molar-refractivity contribution in [3.8, 4) is 11.3 Å². The molecule has 2 aliphatic heterocycles. The molecule has 134 valence electrons. The van der Waals surface area contributed by atoms with Crippen LogP contribution in [0.1, 0.15) is 38.2 Å². The number of hydrogen-bond acceptors (Lipinski definition) is 4. The Balaban J connectivity index is 1.57. The second-order valence-corrected chi connectivity index (χ2v) is 9.01. The van der Waals surface area contributed by atoms with E-state index in [1.54, 1.807) is 24.3 Å². The minimum absolute atomic E-state index is 0.310. The van der Waals surface area contributed by atoms with Gasteiger partial charge in [-0.1, -0.05) is 61.0 Å². The van der Waals surface area contributed by atoms with Gasteiger partial charge in [-0.15, -0.1) is 10.2 Å². The van der Waals surface area contributed by atoms with Crippen molar-refractivity contribution in [3.63, 3.8) is 0 Å². The van der Waals surface area contributed by atoms with Crippen LogP contribution >= 0.6 is 23.4 Å². The molecule has 4 rings (SSSR count). The van der Waals surface area contributed by atoms with Crippen molar-refractivity contribution >= 4 is 23.4 Å². The summed E-state index contributed by atoms with van der Waals surface area (Å²) in [5.74, 6) is 1.33. The highest BCUT2D eigenvalue weighted by Gasteiger charge is 2.30. The summed E-state index contributed by atoms with van der Waals surface area (Å²) in [7, 11) is 0. The zero-order valence-corrected chi connectivity index (χ0v) is 16.5. The highest BCUT2D eigenvalue weighted by atomic mass is 35.5. The van der Waals surface area contributed by atoms with E-state index >= 15 is 0 Å². The number of rotatable bonds is 4. The summed E-state index contributed by atoms with van der Waals surface area (Å²) in [4.78, 5) is 0. The molecule has 2 heterocycles. The summed E-state index contributed by atoms with van der Waals surface area (Å²) in [6, 6.07) is 10.1. The van der Waals surface area contributed by atoms with Crippen LogP contribution in [-0.2, 0) is 0 Å². The van der Waals surface area contributed by atoms with Crippen LogP contribution in [0.5, 0.6) is 0 Å². The van der Waals surface area contributed by atoms with Gasteiger partial charge in [0.25, 0.3) is 0 Å². The first-order chi connectivity index (χ1) is 12.5. The Hall–Kier alpha value is -1.78. The molecule has 1 aliphatic carbocycles. The third-order valence-electron chi connectivity index (χ3n) is 5.01. The molecular weight excluding hydrogens is 364 g/mol. The SMILES string of the molecule is CC1(C)CC=C(CSc2nnc3ccocc2-3)C(c2ccc(Cl)cc2)C1. The van der Waals surface area contributed by atoms with E-state index in [9.17, 15) is 0 Å². The second-order valence-electron chi connectivity index (χ2n) is 7.61. The first-order valence-electron chi connectivity index (χ1n) is 8.78. The first-order valence-corrected chi connectivity index (χ1v) is 10.1. The lowest BCUT2D eigenvalue weighted by Gasteiger charge is -2.35. The van der Waals surface area contributed by atoms with Crippen LogP contribution in [0.4, 0.5) is 0 Å². The van der Waals surface area contributed by atoms with E-state index in [1.165, 1.54) is 11.1 Å². The number of thioether (sulfide) groups is 1. The van der Waals surface area contributed by atoms with Gasteiger partial charge < -0.3 is 4.42 Å². The van der Waals surface area contributed by atoms with Gasteiger partial charge in [0.05, 0.1) is 11.8 Å². The second kappa shape index (κ2) is 7.09. The summed E-state index contributed by atoms with van der Waals surface area (Å²) in [6.07, 6.45) is 8.03. The Labute approximate surface area is 163 Å². The molecule has 0 N–H and O–H groups in total. The van der Waals surface area contributed by atoms with Crippen LogP contribution in [0, 0.1) is 5.41 Å². The van der Waals surface area contributed by atoms with Crippen molar-refractivity contribution in [2.24, 2.45) is 5.41 Å². The van der Waals surface area contributed by atoms with Gasteiger partial charge in [0, 0.05) is 22.8 Å². The number of halogens is 1. The molecule has 0 bridgehead atoms. The van der Waals surface area contributed by atoms with E-state index in [0.717, 1.165) is 39.9 Å². The molecule has 0 saturated heterocycles. The maximum Gasteiger partial charge on any atom is 0.132 e.